The van der Waals surface area contributed by atoms with E-state index in [4.69, 9.17) is 9.47 Å². The van der Waals surface area contributed by atoms with Crippen LogP contribution in [0.25, 0.3) is 10.9 Å². The van der Waals surface area contributed by atoms with Crippen LogP contribution in [0.1, 0.15) is 53.4 Å². The van der Waals surface area contributed by atoms with Gasteiger partial charge in [0.1, 0.15) is 0 Å². The maximum Gasteiger partial charge on any atom is 0.315 e. The van der Waals surface area contributed by atoms with Crippen molar-refractivity contribution in [2.24, 2.45) is 5.10 Å². The van der Waals surface area contributed by atoms with Crippen LogP contribution < -0.4 is 14.9 Å². The molecule has 0 spiro atoms. The molecule has 1 aliphatic carbocycles. The van der Waals surface area contributed by atoms with Crippen molar-refractivity contribution in [3.63, 3.8) is 0 Å². The van der Waals surface area contributed by atoms with Crippen molar-refractivity contribution >= 4 is 28.7 Å². The maximum absolute atomic E-state index is 12.7. The number of amides is 1. The maximum atomic E-state index is 12.7. The number of methoxy groups -OCH3 is 1. The van der Waals surface area contributed by atoms with Crippen LogP contribution in [0.15, 0.2) is 35.4 Å². The van der Waals surface area contributed by atoms with Crippen LogP contribution in [-0.2, 0) is 12.8 Å². The summed E-state index contributed by atoms with van der Waals surface area (Å²) in [5.74, 6) is -0.0509. The summed E-state index contributed by atoms with van der Waals surface area (Å²) in [6, 6.07) is 8.46. The number of aromatic nitrogens is 1. The van der Waals surface area contributed by atoms with Gasteiger partial charge < -0.3 is 14.5 Å². The number of ether oxygens (including phenoxy) is 2. The summed E-state index contributed by atoms with van der Waals surface area (Å²) in [6.45, 7) is 2.24. The number of H-pyrrole nitrogens is 1. The lowest BCUT2D eigenvalue weighted by molar-refractivity contribution is -0.386. The van der Waals surface area contributed by atoms with Gasteiger partial charge in [0.15, 0.2) is 5.75 Å². The first-order valence-electron chi connectivity index (χ1n) is 11.0. The molecule has 3 aromatic rings. The minimum atomic E-state index is -0.532. The zero-order chi connectivity index (χ0) is 23.4. The Bertz CT molecular complexity index is 1230. The van der Waals surface area contributed by atoms with Gasteiger partial charge in [0.05, 0.1) is 24.9 Å². The zero-order valence-corrected chi connectivity index (χ0v) is 18.6. The Kier molecular flexibility index (Phi) is 6.58. The van der Waals surface area contributed by atoms with E-state index in [9.17, 15) is 14.9 Å². The van der Waals surface area contributed by atoms with E-state index in [0.717, 1.165) is 30.2 Å². The molecular weight excluding hydrogens is 424 g/mol. The molecule has 1 amide bonds. The number of nitrogens with zero attached hydrogens (tertiary/aromatic N) is 2. The second-order valence-electron chi connectivity index (χ2n) is 7.93. The van der Waals surface area contributed by atoms with Gasteiger partial charge in [-0.25, -0.2) is 5.43 Å². The topological polar surface area (TPSA) is 119 Å². The molecule has 2 N–H and O–H groups in total. The summed E-state index contributed by atoms with van der Waals surface area (Å²) in [5.41, 5.74) is 6.76. The summed E-state index contributed by atoms with van der Waals surface area (Å²) in [6.07, 6.45) is 6.42. The van der Waals surface area contributed by atoms with Crippen LogP contribution in [0.5, 0.6) is 11.5 Å². The van der Waals surface area contributed by atoms with Crippen molar-refractivity contribution in [3.05, 3.63) is 62.8 Å². The van der Waals surface area contributed by atoms with E-state index in [2.05, 4.69) is 15.5 Å². The molecule has 1 aromatic heterocycles. The fraction of sp³-hybridized carbons (Fsp3) is 0.333. The molecule has 9 heteroatoms. The number of nitrogens with one attached hydrogen (secondary N) is 2. The monoisotopic (exact) mass is 450 g/mol. The third kappa shape index (κ3) is 4.67. The molecule has 0 unspecified atom stereocenters. The van der Waals surface area contributed by atoms with Gasteiger partial charge in [0, 0.05) is 33.8 Å². The third-order valence-corrected chi connectivity index (χ3v) is 5.66. The average Bonchev–Trinajstić information content (AvgIpc) is 3.20. The highest BCUT2D eigenvalue weighted by Crippen LogP contribution is 2.38. The Morgan fingerprint density at radius 2 is 2.09 bits per heavy atom. The Balaban J connectivity index is 1.53. The number of nitro groups is 1. The largest absolute Gasteiger partial charge is 0.493 e. The van der Waals surface area contributed by atoms with Crippen molar-refractivity contribution in [2.45, 2.75) is 39.0 Å². The Morgan fingerprint density at radius 3 is 2.85 bits per heavy atom. The summed E-state index contributed by atoms with van der Waals surface area (Å²) < 4.78 is 10.8. The summed E-state index contributed by atoms with van der Waals surface area (Å²) in [7, 11) is 1.41. The third-order valence-electron chi connectivity index (χ3n) is 5.66. The SMILES string of the molecule is CCCOc1c(OC)cc(/C=N\NC(=O)c2ccc3[nH]c4c(c3c2)CCCC4)cc1[N+](=O)[O-]. The van der Waals surface area contributed by atoms with Crippen LogP contribution in [0.4, 0.5) is 5.69 Å². The lowest BCUT2D eigenvalue weighted by Gasteiger charge is -2.11. The van der Waals surface area contributed by atoms with Crippen molar-refractivity contribution in [1.29, 1.82) is 0 Å². The molecule has 1 heterocycles. The first-order valence-corrected chi connectivity index (χ1v) is 11.0. The number of aromatic amines is 1. The van der Waals surface area contributed by atoms with E-state index in [-0.39, 0.29) is 23.1 Å². The Hall–Kier alpha value is -3.88. The molecule has 9 nitrogen and oxygen atoms in total. The second-order valence-corrected chi connectivity index (χ2v) is 7.93. The average molecular weight is 450 g/mol. The number of fused-ring (bicyclic) bond motifs is 3. The number of carbonyl (C=O) groups excluding carboxylic acids is 1. The lowest BCUT2D eigenvalue weighted by Crippen LogP contribution is -2.17. The van der Waals surface area contributed by atoms with Gasteiger partial charge in [0.25, 0.3) is 5.91 Å². The van der Waals surface area contributed by atoms with Gasteiger partial charge >= 0.3 is 5.69 Å². The van der Waals surface area contributed by atoms with Gasteiger partial charge in [-0.1, -0.05) is 6.92 Å². The number of hydrogen-bond acceptors (Lipinski definition) is 6. The number of carbonyl (C=O) groups is 1. The summed E-state index contributed by atoms with van der Waals surface area (Å²) in [5, 5.41) is 16.6. The van der Waals surface area contributed by atoms with E-state index < -0.39 is 4.92 Å². The van der Waals surface area contributed by atoms with Crippen LogP contribution in [0.2, 0.25) is 0 Å². The van der Waals surface area contributed by atoms with Gasteiger partial charge in [-0.15, -0.1) is 0 Å². The minimum Gasteiger partial charge on any atom is -0.493 e. The smallest absolute Gasteiger partial charge is 0.315 e. The molecule has 2 aromatic carbocycles. The molecule has 0 radical (unpaired) electrons. The number of hydrazone groups is 1. The first-order chi connectivity index (χ1) is 16.0. The molecule has 1 aliphatic rings. The predicted molar refractivity (Wildman–Crippen MR) is 125 cm³/mol. The Morgan fingerprint density at radius 1 is 1.27 bits per heavy atom. The molecule has 0 bridgehead atoms. The normalized spacial score (nSPS) is 13.2. The van der Waals surface area contributed by atoms with E-state index in [1.54, 1.807) is 12.1 Å². The van der Waals surface area contributed by atoms with E-state index >= 15 is 0 Å². The fourth-order valence-electron chi connectivity index (χ4n) is 4.10. The van der Waals surface area contributed by atoms with Gasteiger partial charge in [-0.05, 0) is 61.9 Å². The molecular formula is C24H26N4O5. The van der Waals surface area contributed by atoms with Crippen molar-refractivity contribution in [1.82, 2.24) is 10.4 Å². The van der Waals surface area contributed by atoms with Crippen molar-refractivity contribution < 1.29 is 19.2 Å². The van der Waals surface area contributed by atoms with Crippen LogP contribution in [0.3, 0.4) is 0 Å². The van der Waals surface area contributed by atoms with Crippen molar-refractivity contribution in [2.75, 3.05) is 13.7 Å². The highest BCUT2D eigenvalue weighted by atomic mass is 16.6. The minimum absolute atomic E-state index is 0.0775. The van der Waals surface area contributed by atoms with E-state index in [1.807, 2.05) is 19.1 Å². The molecule has 0 aliphatic heterocycles. The van der Waals surface area contributed by atoms with Crippen molar-refractivity contribution in [3.8, 4) is 11.5 Å². The highest BCUT2D eigenvalue weighted by Gasteiger charge is 2.22. The van der Waals surface area contributed by atoms with E-state index in [1.165, 1.54) is 37.1 Å². The number of rotatable bonds is 8. The van der Waals surface area contributed by atoms with E-state index in [0.29, 0.717) is 24.2 Å². The standard InChI is InChI=1S/C24H26N4O5/c1-3-10-33-23-21(28(30)31)11-15(12-22(23)32-2)14-25-27-24(29)16-8-9-20-18(13-16)17-6-4-5-7-19(17)26-20/h8-9,11-14,26H,3-7,10H2,1-2H3,(H,27,29)/b25-14-. The van der Waals surface area contributed by atoms with Gasteiger partial charge in [-0.3, -0.25) is 14.9 Å². The van der Waals surface area contributed by atoms with Crippen LogP contribution in [0, 0.1) is 10.1 Å². The van der Waals surface area contributed by atoms with Gasteiger partial charge in [0.2, 0.25) is 5.75 Å². The quantitative estimate of drug-likeness (QED) is 0.297. The summed E-state index contributed by atoms with van der Waals surface area (Å²) >= 11 is 0. The fourth-order valence-corrected chi connectivity index (χ4v) is 4.10. The zero-order valence-electron chi connectivity index (χ0n) is 18.6. The molecule has 0 fully saturated rings. The molecule has 33 heavy (non-hydrogen) atoms. The lowest BCUT2D eigenvalue weighted by atomic mass is 9.95. The Labute approximate surface area is 190 Å². The molecule has 0 atom stereocenters. The number of hydrogen-bond donors (Lipinski definition) is 2. The second kappa shape index (κ2) is 9.72. The molecule has 172 valence electrons. The predicted octanol–water partition coefficient (Wildman–Crippen LogP) is 4.52. The molecule has 0 saturated carbocycles. The number of nitro benzene ring substituents is 1. The molecule has 4 rings (SSSR count). The van der Waals surface area contributed by atoms with Crippen LogP contribution in [-0.4, -0.2) is 35.7 Å². The molecule has 0 saturated heterocycles. The van der Waals surface area contributed by atoms with Gasteiger partial charge in [-0.2, -0.15) is 5.10 Å². The summed E-state index contributed by atoms with van der Waals surface area (Å²) in [4.78, 5) is 27.1. The number of aryl methyl sites for hydroxylation is 2. The van der Waals surface area contributed by atoms with Crippen LogP contribution >= 0.6 is 0 Å². The first kappa shape index (κ1) is 22.3. The highest BCUT2D eigenvalue weighted by molar-refractivity contribution is 5.99. The number of benzene rings is 2.